The highest BCUT2D eigenvalue weighted by Crippen LogP contribution is 2.12. The molecule has 1 aromatic heterocycles. The van der Waals surface area contributed by atoms with E-state index < -0.39 is 0 Å². The number of allylic oxidation sites excluding steroid dienone is 1. The number of unbranched alkanes of at least 4 members (excludes halogenated alkanes) is 5. The van der Waals surface area contributed by atoms with E-state index in [-0.39, 0.29) is 0 Å². The van der Waals surface area contributed by atoms with Crippen LogP contribution in [0.15, 0.2) is 25.4 Å². The molecule has 0 aromatic carbocycles. The van der Waals surface area contributed by atoms with Gasteiger partial charge in [0.05, 0.1) is 5.69 Å². The summed E-state index contributed by atoms with van der Waals surface area (Å²) in [5, 5.41) is 4.65. The Kier molecular flexibility index (Phi) is 7.95. The minimum absolute atomic E-state index is 0.967. The second-order valence-corrected chi connectivity index (χ2v) is 5.09. The van der Waals surface area contributed by atoms with Gasteiger partial charge in [0.1, 0.15) is 0 Å². The summed E-state index contributed by atoms with van der Waals surface area (Å²) in [6.07, 6.45) is 15.9. The maximum Gasteiger partial charge on any atom is 0.0699 e. The van der Waals surface area contributed by atoms with Gasteiger partial charge in [-0.2, -0.15) is 5.10 Å². The van der Waals surface area contributed by atoms with Gasteiger partial charge in [-0.15, -0.1) is 6.58 Å². The summed E-state index contributed by atoms with van der Waals surface area (Å²) >= 11 is 0. The lowest BCUT2D eigenvalue weighted by Crippen LogP contribution is -1.99. The van der Waals surface area contributed by atoms with Gasteiger partial charge in [0, 0.05) is 18.3 Å². The fraction of sp³-hybridized carbons (Fsp3) is 0.588. The van der Waals surface area contributed by atoms with Crippen LogP contribution >= 0.6 is 0 Å². The highest BCUT2D eigenvalue weighted by atomic mass is 15.3. The number of aromatic nitrogens is 2. The molecular weight excluding hydrogens is 232 g/mol. The number of hydrogen-bond acceptors (Lipinski definition) is 1. The van der Waals surface area contributed by atoms with E-state index in [4.69, 9.17) is 0 Å². The Balaban J connectivity index is 2.35. The van der Waals surface area contributed by atoms with Crippen molar-refractivity contribution in [1.29, 1.82) is 0 Å². The summed E-state index contributed by atoms with van der Waals surface area (Å²) in [4.78, 5) is 0. The van der Waals surface area contributed by atoms with Crippen LogP contribution < -0.4 is 0 Å². The monoisotopic (exact) mass is 260 g/mol. The largest absolute Gasteiger partial charge is 0.272 e. The fourth-order valence-electron chi connectivity index (χ4n) is 2.25. The van der Waals surface area contributed by atoms with Gasteiger partial charge in [0.25, 0.3) is 0 Å². The second-order valence-electron chi connectivity index (χ2n) is 5.09. The number of rotatable bonds is 11. The SMILES string of the molecule is C=CCCc1nn(CCCCCCCC)cc1C=C. The molecule has 0 saturated carbocycles. The topological polar surface area (TPSA) is 17.8 Å². The van der Waals surface area contributed by atoms with Crippen molar-refractivity contribution in [3.05, 3.63) is 36.7 Å². The van der Waals surface area contributed by atoms with Crippen molar-refractivity contribution in [2.45, 2.75) is 64.8 Å². The average Bonchev–Trinajstić information content (AvgIpc) is 2.82. The molecular formula is C17H28N2. The van der Waals surface area contributed by atoms with Gasteiger partial charge < -0.3 is 0 Å². The van der Waals surface area contributed by atoms with E-state index in [9.17, 15) is 0 Å². The van der Waals surface area contributed by atoms with Crippen molar-refractivity contribution >= 4 is 6.08 Å². The first-order valence-electron chi connectivity index (χ1n) is 7.61. The van der Waals surface area contributed by atoms with Gasteiger partial charge >= 0.3 is 0 Å². The van der Waals surface area contributed by atoms with Crippen LogP contribution in [-0.4, -0.2) is 9.78 Å². The van der Waals surface area contributed by atoms with E-state index in [1.165, 1.54) is 44.1 Å². The quantitative estimate of drug-likeness (QED) is 0.404. The molecule has 106 valence electrons. The third kappa shape index (κ3) is 5.91. The van der Waals surface area contributed by atoms with Crippen molar-refractivity contribution in [2.24, 2.45) is 0 Å². The fourth-order valence-corrected chi connectivity index (χ4v) is 2.25. The summed E-state index contributed by atoms with van der Waals surface area (Å²) in [6.45, 7) is 10.9. The highest BCUT2D eigenvalue weighted by Gasteiger charge is 2.05. The van der Waals surface area contributed by atoms with Gasteiger partial charge in [-0.1, -0.05) is 57.8 Å². The lowest BCUT2D eigenvalue weighted by atomic mass is 10.1. The predicted octanol–water partition coefficient (Wildman–Crippen LogP) is 5.01. The zero-order chi connectivity index (χ0) is 13.9. The van der Waals surface area contributed by atoms with Crippen molar-refractivity contribution in [3.63, 3.8) is 0 Å². The third-order valence-corrected chi connectivity index (χ3v) is 3.42. The molecule has 0 saturated heterocycles. The Hall–Kier alpha value is -1.31. The normalized spacial score (nSPS) is 10.6. The van der Waals surface area contributed by atoms with Crippen LogP contribution in [0.4, 0.5) is 0 Å². The van der Waals surface area contributed by atoms with Crippen LogP contribution in [0, 0.1) is 0 Å². The molecule has 0 spiro atoms. The number of hydrogen-bond donors (Lipinski definition) is 0. The first-order chi connectivity index (χ1) is 9.31. The summed E-state index contributed by atoms with van der Waals surface area (Å²) in [7, 11) is 0. The Morgan fingerprint density at radius 2 is 1.89 bits per heavy atom. The Labute approximate surface area is 118 Å². The van der Waals surface area contributed by atoms with Crippen molar-refractivity contribution in [2.75, 3.05) is 0 Å². The third-order valence-electron chi connectivity index (χ3n) is 3.42. The molecule has 2 heteroatoms. The lowest BCUT2D eigenvalue weighted by Gasteiger charge is -2.01. The lowest BCUT2D eigenvalue weighted by molar-refractivity contribution is 0.524. The first-order valence-corrected chi connectivity index (χ1v) is 7.61. The van der Waals surface area contributed by atoms with Crippen LogP contribution in [0.2, 0.25) is 0 Å². The van der Waals surface area contributed by atoms with Gasteiger partial charge in [0.15, 0.2) is 0 Å². The second kappa shape index (κ2) is 9.60. The minimum Gasteiger partial charge on any atom is -0.272 e. The van der Waals surface area contributed by atoms with E-state index in [2.05, 4.69) is 36.1 Å². The van der Waals surface area contributed by atoms with E-state index in [0.29, 0.717) is 0 Å². The smallest absolute Gasteiger partial charge is 0.0699 e. The summed E-state index contributed by atoms with van der Waals surface area (Å²) in [5.74, 6) is 0. The predicted molar refractivity (Wildman–Crippen MR) is 84.2 cm³/mol. The zero-order valence-corrected chi connectivity index (χ0v) is 12.4. The molecule has 0 fully saturated rings. The first kappa shape index (κ1) is 15.7. The van der Waals surface area contributed by atoms with Crippen molar-refractivity contribution in [3.8, 4) is 0 Å². The van der Waals surface area contributed by atoms with Crippen molar-refractivity contribution in [1.82, 2.24) is 9.78 Å². The zero-order valence-electron chi connectivity index (χ0n) is 12.4. The molecule has 0 aliphatic heterocycles. The Morgan fingerprint density at radius 1 is 1.16 bits per heavy atom. The van der Waals surface area contributed by atoms with Crippen molar-refractivity contribution < 1.29 is 0 Å². The molecule has 1 rings (SSSR count). The molecule has 1 heterocycles. The highest BCUT2D eigenvalue weighted by molar-refractivity contribution is 5.48. The van der Waals surface area contributed by atoms with Gasteiger partial charge in [-0.05, 0) is 19.3 Å². The van der Waals surface area contributed by atoms with Gasteiger partial charge in [-0.25, -0.2) is 0 Å². The molecule has 0 aliphatic rings. The van der Waals surface area contributed by atoms with Crippen LogP contribution in [0.3, 0.4) is 0 Å². The standard InChI is InChI=1S/C17H28N2/c1-4-7-9-10-11-12-14-19-15-16(6-3)17(18-19)13-8-5-2/h5-6,15H,2-4,7-14H2,1H3. The molecule has 19 heavy (non-hydrogen) atoms. The average molecular weight is 260 g/mol. The molecule has 2 nitrogen and oxygen atoms in total. The molecule has 0 N–H and O–H groups in total. The molecule has 0 radical (unpaired) electrons. The summed E-state index contributed by atoms with van der Waals surface area (Å²) in [6, 6.07) is 0. The maximum atomic E-state index is 4.65. The van der Waals surface area contributed by atoms with Crippen LogP contribution in [-0.2, 0) is 13.0 Å². The Bertz CT molecular complexity index is 377. The van der Waals surface area contributed by atoms with E-state index in [1.807, 2.05) is 12.2 Å². The molecule has 0 unspecified atom stereocenters. The van der Waals surface area contributed by atoms with E-state index in [1.54, 1.807) is 0 Å². The van der Waals surface area contributed by atoms with Crippen LogP contribution in [0.25, 0.3) is 6.08 Å². The Morgan fingerprint density at radius 3 is 2.58 bits per heavy atom. The van der Waals surface area contributed by atoms with Gasteiger partial charge in [-0.3, -0.25) is 4.68 Å². The molecule has 0 aliphatic carbocycles. The molecule has 0 bridgehead atoms. The number of aryl methyl sites for hydroxylation is 2. The molecule has 0 atom stereocenters. The minimum atomic E-state index is 0.967. The molecule has 1 aromatic rings. The summed E-state index contributed by atoms with van der Waals surface area (Å²) < 4.78 is 2.08. The van der Waals surface area contributed by atoms with E-state index >= 15 is 0 Å². The van der Waals surface area contributed by atoms with E-state index in [0.717, 1.165) is 25.1 Å². The maximum absolute atomic E-state index is 4.65. The number of nitrogens with zero attached hydrogens (tertiary/aromatic N) is 2. The van der Waals surface area contributed by atoms with Crippen LogP contribution in [0.5, 0.6) is 0 Å². The summed E-state index contributed by atoms with van der Waals surface area (Å²) in [5.41, 5.74) is 2.33. The van der Waals surface area contributed by atoms with Crippen LogP contribution in [0.1, 0.15) is 63.1 Å². The molecule has 0 amide bonds. The van der Waals surface area contributed by atoms with Gasteiger partial charge in [0.2, 0.25) is 0 Å².